The number of furan rings is 1. The van der Waals surface area contributed by atoms with Crippen LogP contribution in [0.2, 0.25) is 0 Å². The van der Waals surface area contributed by atoms with Gasteiger partial charge in [0.2, 0.25) is 0 Å². The lowest BCUT2D eigenvalue weighted by Crippen LogP contribution is -2.47. The van der Waals surface area contributed by atoms with Crippen molar-refractivity contribution in [3.8, 4) is 0 Å². The molecule has 144 valence electrons. The van der Waals surface area contributed by atoms with Gasteiger partial charge in [-0.2, -0.15) is 0 Å². The van der Waals surface area contributed by atoms with Crippen LogP contribution < -0.4 is 9.80 Å². The molecule has 1 fully saturated rings. The molecule has 0 spiro atoms. The quantitative estimate of drug-likeness (QED) is 0.442. The van der Waals surface area contributed by atoms with Gasteiger partial charge in [0.25, 0.3) is 0 Å². The summed E-state index contributed by atoms with van der Waals surface area (Å²) in [6.07, 6.45) is 3.30. The zero-order valence-corrected chi connectivity index (χ0v) is 16.7. The summed E-state index contributed by atoms with van der Waals surface area (Å²) in [7, 11) is 0. The fourth-order valence-electron chi connectivity index (χ4n) is 4.08. The summed E-state index contributed by atoms with van der Waals surface area (Å²) in [5.74, 6) is 1.89. The maximum atomic E-state index is 6.11. The van der Waals surface area contributed by atoms with E-state index < -0.39 is 0 Å². The molecule has 1 aliphatic heterocycles. The largest absolute Gasteiger partial charge is 0.450 e. The first-order valence-corrected chi connectivity index (χ1v) is 10.4. The number of hydrogen-bond acceptors (Lipinski definition) is 8. The van der Waals surface area contributed by atoms with Gasteiger partial charge in [0, 0.05) is 36.4 Å². The second kappa shape index (κ2) is 6.38. The first kappa shape index (κ1) is 16.7. The SMILES string of the molecule is Cc1cc2c(N3CCN(c4ncnc5c4oc4ccccc45)CC3)ncnc2s1. The number of fused-ring (bicyclic) bond motifs is 4. The van der Waals surface area contributed by atoms with Crippen LogP contribution >= 0.6 is 11.3 Å². The number of thiophene rings is 1. The maximum Gasteiger partial charge on any atom is 0.196 e. The zero-order chi connectivity index (χ0) is 19.4. The highest BCUT2D eigenvalue weighted by molar-refractivity contribution is 7.18. The van der Waals surface area contributed by atoms with Gasteiger partial charge in [0.15, 0.2) is 11.4 Å². The van der Waals surface area contributed by atoms with Gasteiger partial charge in [-0.05, 0) is 25.1 Å². The number of rotatable bonds is 2. The van der Waals surface area contributed by atoms with Crippen molar-refractivity contribution in [2.45, 2.75) is 6.92 Å². The van der Waals surface area contributed by atoms with Crippen LogP contribution in [0.1, 0.15) is 4.88 Å². The van der Waals surface area contributed by atoms with Crippen molar-refractivity contribution in [2.75, 3.05) is 36.0 Å². The molecule has 0 aliphatic carbocycles. The van der Waals surface area contributed by atoms with Crippen LogP contribution in [-0.2, 0) is 0 Å². The molecule has 0 bridgehead atoms. The molecule has 5 aromatic rings. The third-order valence-electron chi connectivity index (χ3n) is 5.45. The van der Waals surface area contributed by atoms with E-state index in [0.29, 0.717) is 0 Å². The standard InChI is InChI=1S/C21H18N6OS/c1-13-10-15-19(23-12-25-21(15)29-13)26-6-8-27(9-7-26)20-18-17(22-11-24-20)14-4-2-3-5-16(14)28-18/h2-5,10-12H,6-9H2,1H3. The van der Waals surface area contributed by atoms with Gasteiger partial charge in [0.1, 0.15) is 34.4 Å². The maximum absolute atomic E-state index is 6.11. The molecule has 1 saturated heterocycles. The fourth-order valence-corrected chi connectivity index (χ4v) is 4.92. The molecule has 0 unspecified atom stereocenters. The lowest BCUT2D eigenvalue weighted by molar-refractivity contribution is 0.626. The molecule has 0 atom stereocenters. The molecule has 1 aliphatic rings. The molecular formula is C21H18N6OS. The Balaban J connectivity index is 1.32. The van der Waals surface area contributed by atoms with Crippen molar-refractivity contribution in [3.63, 3.8) is 0 Å². The third kappa shape index (κ3) is 2.63. The molecule has 6 rings (SSSR count). The predicted molar refractivity (Wildman–Crippen MR) is 116 cm³/mol. The fraction of sp³-hybridized carbons (Fsp3) is 0.238. The van der Waals surface area contributed by atoms with Crippen LogP contribution in [0.15, 0.2) is 47.4 Å². The Morgan fingerprint density at radius 1 is 0.862 bits per heavy atom. The summed E-state index contributed by atoms with van der Waals surface area (Å²) in [6, 6.07) is 10.2. The number of anilines is 2. The minimum atomic E-state index is 0.764. The van der Waals surface area contributed by atoms with E-state index in [4.69, 9.17) is 4.42 Å². The van der Waals surface area contributed by atoms with E-state index in [0.717, 1.165) is 70.1 Å². The Morgan fingerprint density at radius 2 is 1.59 bits per heavy atom. The van der Waals surface area contributed by atoms with Crippen LogP contribution in [0.3, 0.4) is 0 Å². The van der Waals surface area contributed by atoms with Gasteiger partial charge in [-0.3, -0.25) is 0 Å². The summed E-state index contributed by atoms with van der Waals surface area (Å²) < 4.78 is 6.11. The summed E-state index contributed by atoms with van der Waals surface area (Å²) in [4.78, 5) is 24.9. The summed E-state index contributed by atoms with van der Waals surface area (Å²) >= 11 is 1.71. The lowest BCUT2D eigenvalue weighted by atomic mass is 10.2. The average molecular weight is 402 g/mol. The predicted octanol–water partition coefficient (Wildman–Crippen LogP) is 4.02. The minimum Gasteiger partial charge on any atom is -0.450 e. The van der Waals surface area contributed by atoms with E-state index in [-0.39, 0.29) is 0 Å². The second-order valence-electron chi connectivity index (χ2n) is 7.22. The highest BCUT2D eigenvalue weighted by Gasteiger charge is 2.24. The Labute approximate surface area is 170 Å². The molecule has 0 radical (unpaired) electrons. The summed E-state index contributed by atoms with van der Waals surface area (Å²) in [6.45, 7) is 5.54. The molecule has 4 aromatic heterocycles. The van der Waals surface area contributed by atoms with Crippen molar-refractivity contribution < 1.29 is 4.42 Å². The van der Waals surface area contributed by atoms with Gasteiger partial charge in [-0.1, -0.05) is 12.1 Å². The summed E-state index contributed by atoms with van der Waals surface area (Å²) in [5, 5.41) is 2.17. The van der Waals surface area contributed by atoms with Gasteiger partial charge >= 0.3 is 0 Å². The molecule has 5 heterocycles. The monoisotopic (exact) mass is 402 g/mol. The van der Waals surface area contributed by atoms with E-state index in [2.05, 4.69) is 42.7 Å². The Bertz CT molecular complexity index is 1350. The number of piperazine rings is 1. The Kier molecular flexibility index (Phi) is 3.67. The Hall–Kier alpha value is -3.26. The van der Waals surface area contributed by atoms with E-state index in [9.17, 15) is 0 Å². The first-order chi connectivity index (χ1) is 14.3. The van der Waals surface area contributed by atoms with Crippen molar-refractivity contribution in [3.05, 3.63) is 47.9 Å². The molecule has 8 heteroatoms. The van der Waals surface area contributed by atoms with E-state index >= 15 is 0 Å². The zero-order valence-electron chi connectivity index (χ0n) is 15.9. The smallest absolute Gasteiger partial charge is 0.196 e. The molecule has 0 amide bonds. The van der Waals surface area contributed by atoms with Crippen LogP contribution in [0.25, 0.3) is 32.3 Å². The molecule has 1 aromatic carbocycles. The van der Waals surface area contributed by atoms with Gasteiger partial charge in [0.05, 0.1) is 5.39 Å². The molecule has 0 saturated carbocycles. The van der Waals surface area contributed by atoms with Crippen molar-refractivity contribution in [1.82, 2.24) is 19.9 Å². The topological polar surface area (TPSA) is 71.2 Å². The van der Waals surface area contributed by atoms with Crippen molar-refractivity contribution in [2.24, 2.45) is 0 Å². The molecular weight excluding hydrogens is 384 g/mol. The molecule has 7 nitrogen and oxygen atoms in total. The highest BCUT2D eigenvalue weighted by atomic mass is 32.1. The van der Waals surface area contributed by atoms with E-state index in [1.165, 1.54) is 4.88 Å². The second-order valence-corrected chi connectivity index (χ2v) is 8.46. The average Bonchev–Trinajstić information content (AvgIpc) is 3.33. The van der Waals surface area contributed by atoms with Gasteiger partial charge in [-0.15, -0.1) is 11.3 Å². The third-order valence-corrected chi connectivity index (χ3v) is 6.41. The van der Waals surface area contributed by atoms with Crippen LogP contribution in [0.4, 0.5) is 11.6 Å². The lowest BCUT2D eigenvalue weighted by Gasteiger charge is -2.36. The minimum absolute atomic E-state index is 0.764. The van der Waals surface area contributed by atoms with Crippen LogP contribution in [0, 0.1) is 6.92 Å². The van der Waals surface area contributed by atoms with Gasteiger partial charge in [-0.25, -0.2) is 19.9 Å². The number of nitrogens with zero attached hydrogens (tertiary/aromatic N) is 6. The van der Waals surface area contributed by atoms with Crippen molar-refractivity contribution >= 4 is 55.3 Å². The number of para-hydroxylation sites is 1. The van der Waals surface area contributed by atoms with Gasteiger partial charge < -0.3 is 14.2 Å². The first-order valence-electron chi connectivity index (χ1n) is 9.61. The summed E-state index contributed by atoms with van der Waals surface area (Å²) in [5.41, 5.74) is 2.48. The van der Waals surface area contributed by atoms with E-state index in [1.54, 1.807) is 24.0 Å². The molecule has 0 N–H and O–H groups in total. The van der Waals surface area contributed by atoms with Crippen molar-refractivity contribution in [1.29, 1.82) is 0 Å². The van der Waals surface area contributed by atoms with E-state index in [1.807, 2.05) is 24.3 Å². The molecule has 29 heavy (non-hydrogen) atoms. The number of hydrogen-bond donors (Lipinski definition) is 0. The number of aromatic nitrogens is 4. The number of aryl methyl sites for hydroxylation is 1. The number of benzene rings is 1. The highest BCUT2D eigenvalue weighted by Crippen LogP contribution is 2.34. The van der Waals surface area contributed by atoms with Crippen LogP contribution in [-0.4, -0.2) is 46.1 Å². The Morgan fingerprint density at radius 3 is 2.45 bits per heavy atom. The normalized spacial score (nSPS) is 15.1. The van der Waals surface area contributed by atoms with Crippen LogP contribution in [0.5, 0.6) is 0 Å².